The molecule has 0 heterocycles. The molecule has 0 aliphatic rings. The molecule has 0 bridgehead atoms. The number of hydrogen-bond acceptors (Lipinski definition) is 1. The van der Waals surface area contributed by atoms with Crippen LogP contribution in [0.3, 0.4) is 0 Å². The smallest absolute Gasteiger partial charge is 0.0991 e. The zero-order valence-electron chi connectivity index (χ0n) is 6.76. The predicted octanol–water partition coefficient (Wildman–Crippen LogP) is 2.52. The van der Waals surface area contributed by atoms with Gasteiger partial charge < -0.3 is 0 Å². The average Bonchev–Trinajstić information content (AvgIpc) is 2.05. The van der Waals surface area contributed by atoms with Crippen LogP contribution in [0, 0.1) is 17.2 Å². The van der Waals surface area contributed by atoms with Crippen molar-refractivity contribution in [1.29, 1.82) is 5.26 Å². The molecule has 0 fully saturated rings. The van der Waals surface area contributed by atoms with Crippen LogP contribution in [0.25, 0.3) is 0 Å². The van der Waals surface area contributed by atoms with Crippen LogP contribution in [0.15, 0.2) is 24.3 Å². The van der Waals surface area contributed by atoms with Gasteiger partial charge in [0, 0.05) is 0 Å². The maximum absolute atomic E-state index is 8.58. The minimum Gasteiger partial charge on any atom is -0.192 e. The maximum atomic E-state index is 8.58. The van der Waals surface area contributed by atoms with Crippen molar-refractivity contribution in [1.82, 2.24) is 0 Å². The molecular formula is C10H10N. The summed E-state index contributed by atoms with van der Waals surface area (Å²) in [6, 6.07) is 9.73. The molecule has 0 aromatic heterocycles. The van der Waals surface area contributed by atoms with Crippen molar-refractivity contribution in [2.45, 2.75) is 13.8 Å². The standard InChI is InChI=1S/C10H10N/c1-8(2)10-5-3-4-9(6-10)7-11/h3-6H,1-2H3. The summed E-state index contributed by atoms with van der Waals surface area (Å²) in [5.41, 5.74) is 1.87. The molecule has 0 unspecified atom stereocenters. The van der Waals surface area contributed by atoms with Gasteiger partial charge in [0.25, 0.3) is 0 Å². The summed E-state index contributed by atoms with van der Waals surface area (Å²) in [5, 5.41) is 8.58. The van der Waals surface area contributed by atoms with Crippen molar-refractivity contribution in [2.75, 3.05) is 0 Å². The van der Waals surface area contributed by atoms with Crippen molar-refractivity contribution in [3.05, 3.63) is 41.3 Å². The summed E-state index contributed by atoms with van der Waals surface area (Å²) in [7, 11) is 0. The second kappa shape index (κ2) is 3.21. The third kappa shape index (κ3) is 1.81. The van der Waals surface area contributed by atoms with Crippen molar-refractivity contribution in [3.8, 4) is 6.07 Å². The summed E-state index contributed by atoms with van der Waals surface area (Å²) in [5.74, 6) is 1.24. The third-order valence-corrected chi connectivity index (χ3v) is 1.57. The number of nitriles is 1. The summed E-state index contributed by atoms with van der Waals surface area (Å²) < 4.78 is 0. The van der Waals surface area contributed by atoms with E-state index in [-0.39, 0.29) is 0 Å². The van der Waals surface area contributed by atoms with E-state index in [2.05, 4.69) is 6.07 Å². The molecule has 0 amide bonds. The van der Waals surface area contributed by atoms with Crippen LogP contribution in [-0.2, 0) is 0 Å². The molecule has 0 aliphatic carbocycles. The molecule has 0 N–H and O–H groups in total. The third-order valence-electron chi connectivity index (χ3n) is 1.57. The van der Waals surface area contributed by atoms with Gasteiger partial charge in [0.1, 0.15) is 0 Å². The number of benzene rings is 1. The van der Waals surface area contributed by atoms with Crippen molar-refractivity contribution in [2.24, 2.45) is 0 Å². The van der Waals surface area contributed by atoms with E-state index in [1.54, 1.807) is 0 Å². The van der Waals surface area contributed by atoms with Crippen LogP contribution < -0.4 is 0 Å². The Hall–Kier alpha value is -1.29. The summed E-state index contributed by atoms with van der Waals surface area (Å²) in [4.78, 5) is 0. The van der Waals surface area contributed by atoms with E-state index in [4.69, 9.17) is 5.26 Å². The Morgan fingerprint density at radius 3 is 2.64 bits per heavy atom. The van der Waals surface area contributed by atoms with E-state index in [0.29, 0.717) is 0 Å². The van der Waals surface area contributed by atoms with Crippen LogP contribution in [-0.4, -0.2) is 0 Å². The van der Waals surface area contributed by atoms with Crippen molar-refractivity contribution in [3.63, 3.8) is 0 Å². The SMILES string of the molecule is C[C](C)c1cccc(C#N)c1. The van der Waals surface area contributed by atoms with Gasteiger partial charge in [-0.15, -0.1) is 0 Å². The van der Waals surface area contributed by atoms with Gasteiger partial charge in [-0.25, -0.2) is 0 Å². The van der Waals surface area contributed by atoms with Gasteiger partial charge in [-0.3, -0.25) is 0 Å². The minimum atomic E-state index is 0.726. The molecule has 0 aliphatic heterocycles. The molecular weight excluding hydrogens is 134 g/mol. The minimum absolute atomic E-state index is 0.726. The van der Waals surface area contributed by atoms with Gasteiger partial charge in [-0.2, -0.15) is 5.26 Å². The average molecular weight is 144 g/mol. The topological polar surface area (TPSA) is 23.8 Å². The van der Waals surface area contributed by atoms with Gasteiger partial charge in [0.15, 0.2) is 0 Å². The van der Waals surface area contributed by atoms with Crippen LogP contribution in [0.2, 0.25) is 0 Å². The van der Waals surface area contributed by atoms with Crippen molar-refractivity contribution < 1.29 is 0 Å². The Morgan fingerprint density at radius 1 is 1.36 bits per heavy atom. The fourth-order valence-corrected chi connectivity index (χ4v) is 0.900. The number of hydrogen-bond donors (Lipinski definition) is 0. The second-order valence-electron chi connectivity index (χ2n) is 2.69. The molecule has 1 aromatic rings. The first-order chi connectivity index (χ1) is 5.24. The van der Waals surface area contributed by atoms with Crippen LogP contribution in [0.5, 0.6) is 0 Å². The molecule has 1 aromatic carbocycles. The Kier molecular flexibility index (Phi) is 2.28. The van der Waals surface area contributed by atoms with Crippen molar-refractivity contribution >= 4 is 0 Å². The molecule has 0 saturated carbocycles. The monoisotopic (exact) mass is 144 g/mol. The van der Waals surface area contributed by atoms with Crippen LogP contribution in [0.4, 0.5) is 0 Å². The van der Waals surface area contributed by atoms with Gasteiger partial charge in [0.2, 0.25) is 0 Å². The Bertz CT molecular complexity index is 281. The fourth-order valence-electron chi connectivity index (χ4n) is 0.900. The molecule has 11 heavy (non-hydrogen) atoms. The Morgan fingerprint density at radius 2 is 2.09 bits per heavy atom. The highest BCUT2D eigenvalue weighted by Gasteiger charge is 1.98. The Labute approximate surface area is 67.3 Å². The largest absolute Gasteiger partial charge is 0.192 e. The van der Waals surface area contributed by atoms with E-state index in [1.807, 2.05) is 38.1 Å². The number of rotatable bonds is 1. The highest BCUT2D eigenvalue weighted by atomic mass is 14.2. The summed E-state index contributed by atoms with van der Waals surface area (Å²) in [6.45, 7) is 4.08. The molecule has 1 heteroatoms. The van der Waals surface area contributed by atoms with E-state index in [9.17, 15) is 0 Å². The van der Waals surface area contributed by atoms with E-state index in [1.165, 1.54) is 5.92 Å². The number of nitrogens with zero attached hydrogens (tertiary/aromatic N) is 1. The molecule has 1 rings (SSSR count). The maximum Gasteiger partial charge on any atom is 0.0991 e. The summed E-state index contributed by atoms with van der Waals surface area (Å²) in [6.07, 6.45) is 0. The zero-order chi connectivity index (χ0) is 8.27. The highest BCUT2D eigenvalue weighted by molar-refractivity contribution is 5.38. The van der Waals surface area contributed by atoms with Crippen LogP contribution >= 0.6 is 0 Å². The fraction of sp³-hybridized carbons (Fsp3) is 0.200. The summed E-state index contributed by atoms with van der Waals surface area (Å²) >= 11 is 0. The van der Waals surface area contributed by atoms with E-state index >= 15 is 0 Å². The predicted molar refractivity (Wildman–Crippen MR) is 44.9 cm³/mol. The molecule has 1 radical (unpaired) electrons. The normalized spacial score (nSPS) is 9.64. The van der Waals surface area contributed by atoms with Crippen LogP contribution in [0.1, 0.15) is 25.0 Å². The lowest BCUT2D eigenvalue weighted by Gasteiger charge is -2.02. The lowest BCUT2D eigenvalue weighted by molar-refractivity contribution is 1.15. The van der Waals surface area contributed by atoms with E-state index < -0.39 is 0 Å². The first-order valence-corrected chi connectivity index (χ1v) is 3.54. The Balaban J connectivity index is 3.03. The zero-order valence-corrected chi connectivity index (χ0v) is 6.76. The van der Waals surface area contributed by atoms with E-state index in [0.717, 1.165) is 11.1 Å². The quantitative estimate of drug-likeness (QED) is 0.594. The molecule has 1 nitrogen and oxygen atoms in total. The second-order valence-corrected chi connectivity index (χ2v) is 2.69. The van der Waals surface area contributed by atoms with Gasteiger partial charge in [0.05, 0.1) is 11.6 Å². The first kappa shape index (κ1) is 7.81. The molecule has 0 saturated heterocycles. The highest BCUT2D eigenvalue weighted by Crippen LogP contribution is 2.13. The van der Waals surface area contributed by atoms with Gasteiger partial charge >= 0.3 is 0 Å². The lowest BCUT2D eigenvalue weighted by Crippen LogP contribution is -1.87. The first-order valence-electron chi connectivity index (χ1n) is 3.54. The van der Waals surface area contributed by atoms with Gasteiger partial charge in [-0.05, 0) is 23.6 Å². The van der Waals surface area contributed by atoms with Gasteiger partial charge in [-0.1, -0.05) is 26.0 Å². The lowest BCUT2D eigenvalue weighted by atomic mass is 10.0. The molecule has 55 valence electrons. The molecule has 0 spiro atoms. The molecule has 0 atom stereocenters.